The van der Waals surface area contributed by atoms with Crippen LogP contribution in [0.4, 0.5) is 10.5 Å². The number of barbiturate groups is 1. The fourth-order valence-electron chi connectivity index (χ4n) is 2.58. The second kappa shape index (κ2) is 8.04. The second-order valence-corrected chi connectivity index (χ2v) is 7.00. The summed E-state index contributed by atoms with van der Waals surface area (Å²) >= 11 is 9.13. The molecular formula is C19H14BrClN2O5. The van der Waals surface area contributed by atoms with Gasteiger partial charge in [0.05, 0.1) is 12.3 Å². The third-order valence-electron chi connectivity index (χ3n) is 3.86. The number of carbonyl (C=O) groups is 3. The molecule has 4 amide bonds. The zero-order valence-electron chi connectivity index (χ0n) is 14.5. The molecule has 1 aliphatic heterocycles. The molecule has 3 rings (SSSR count). The van der Waals surface area contributed by atoms with Crippen molar-refractivity contribution in [3.8, 4) is 11.5 Å². The molecule has 0 bridgehead atoms. The van der Waals surface area contributed by atoms with Crippen LogP contribution in [0.25, 0.3) is 6.08 Å². The lowest BCUT2D eigenvalue weighted by Gasteiger charge is -2.26. The van der Waals surface area contributed by atoms with Crippen molar-refractivity contribution >= 4 is 57.1 Å². The molecule has 144 valence electrons. The first-order valence-electron chi connectivity index (χ1n) is 8.14. The molecule has 2 aromatic rings. The first-order valence-corrected chi connectivity index (χ1v) is 9.31. The lowest BCUT2D eigenvalue weighted by atomic mass is 10.1. The zero-order valence-corrected chi connectivity index (χ0v) is 16.9. The largest absolute Gasteiger partial charge is 0.504 e. The lowest BCUT2D eigenvalue weighted by molar-refractivity contribution is -0.122. The van der Waals surface area contributed by atoms with Crippen molar-refractivity contribution in [2.75, 3.05) is 11.5 Å². The van der Waals surface area contributed by atoms with Crippen molar-refractivity contribution in [1.82, 2.24) is 5.32 Å². The van der Waals surface area contributed by atoms with Gasteiger partial charge in [0.1, 0.15) is 5.57 Å². The predicted molar refractivity (Wildman–Crippen MR) is 107 cm³/mol. The van der Waals surface area contributed by atoms with Gasteiger partial charge < -0.3 is 9.84 Å². The number of nitrogens with one attached hydrogen (secondary N) is 1. The molecule has 7 nitrogen and oxygen atoms in total. The van der Waals surface area contributed by atoms with Crippen LogP contribution in [-0.2, 0) is 9.59 Å². The molecule has 0 aromatic heterocycles. The number of benzene rings is 2. The van der Waals surface area contributed by atoms with Crippen LogP contribution in [0.5, 0.6) is 11.5 Å². The molecular weight excluding hydrogens is 452 g/mol. The molecule has 2 aromatic carbocycles. The Bertz CT molecular complexity index is 1000. The van der Waals surface area contributed by atoms with Crippen LogP contribution in [0.3, 0.4) is 0 Å². The van der Waals surface area contributed by atoms with Gasteiger partial charge in [-0.3, -0.25) is 14.9 Å². The number of halogens is 2. The molecule has 0 aliphatic carbocycles. The van der Waals surface area contributed by atoms with Crippen LogP contribution in [0.1, 0.15) is 12.5 Å². The molecule has 9 heteroatoms. The number of ether oxygens (including phenoxy) is 1. The van der Waals surface area contributed by atoms with Gasteiger partial charge in [-0.05, 0) is 55.0 Å². The summed E-state index contributed by atoms with van der Waals surface area (Å²) in [5.74, 6) is -1.49. The summed E-state index contributed by atoms with van der Waals surface area (Å²) in [5, 5.41) is 12.5. The van der Waals surface area contributed by atoms with Crippen LogP contribution in [0.2, 0.25) is 5.02 Å². The minimum absolute atomic E-state index is 0.0896. The molecule has 2 N–H and O–H groups in total. The summed E-state index contributed by atoms with van der Waals surface area (Å²) in [6.07, 6.45) is 1.32. The summed E-state index contributed by atoms with van der Waals surface area (Å²) in [6.45, 7) is 2.08. The maximum atomic E-state index is 12.9. The van der Waals surface area contributed by atoms with Crippen molar-refractivity contribution in [3.63, 3.8) is 0 Å². The second-order valence-electron chi connectivity index (χ2n) is 5.71. The minimum atomic E-state index is -0.853. The molecule has 0 radical (unpaired) electrons. The first-order chi connectivity index (χ1) is 13.3. The Labute approximate surface area is 173 Å². The van der Waals surface area contributed by atoms with E-state index in [2.05, 4.69) is 21.2 Å². The van der Waals surface area contributed by atoms with E-state index in [1.165, 1.54) is 42.5 Å². The molecule has 28 heavy (non-hydrogen) atoms. The van der Waals surface area contributed by atoms with E-state index in [1.807, 2.05) is 0 Å². The molecule has 1 heterocycles. The number of carbonyl (C=O) groups excluding carboxylic acids is 3. The number of nitrogens with zero attached hydrogens (tertiary/aromatic N) is 1. The molecule has 0 unspecified atom stereocenters. The van der Waals surface area contributed by atoms with Crippen LogP contribution < -0.4 is 15.0 Å². The van der Waals surface area contributed by atoms with Gasteiger partial charge in [0.15, 0.2) is 11.5 Å². The van der Waals surface area contributed by atoms with Gasteiger partial charge >= 0.3 is 6.03 Å². The van der Waals surface area contributed by atoms with Crippen molar-refractivity contribution < 1.29 is 24.2 Å². The Balaban J connectivity index is 2.04. The standard InChI is InChI=1S/C19H14BrClN2O5/c1-2-28-16-8-10(14(20)9-15(16)24)7-13-17(25)22-19(27)23(18(13)26)12-5-3-11(21)4-6-12/h3-9,24H,2H2,1H3,(H,22,25,27)/b13-7+. The van der Waals surface area contributed by atoms with E-state index in [1.54, 1.807) is 6.92 Å². The maximum Gasteiger partial charge on any atom is 0.335 e. The van der Waals surface area contributed by atoms with E-state index in [4.69, 9.17) is 16.3 Å². The number of hydrogen-bond acceptors (Lipinski definition) is 5. The highest BCUT2D eigenvalue weighted by atomic mass is 79.9. The fraction of sp³-hybridized carbons (Fsp3) is 0.105. The Kier molecular flexibility index (Phi) is 5.71. The predicted octanol–water partition coefficient (Wildman–Crippen LogP) is 3.87. The van der Waals surface area contributed by atoms with Gasteiger partial charge in [-0.1, -0.05) is 27.5 Å². The Morgan fingerprint density at radius 3 is 2.54 bits per heavy atom. The number of urea groups is 1. The Morgan fingerprint density at radius 1 is 1.21 bits per heavy atom. The first kappa shape index (κ1) is 19.9. The number of aromatic hydroxyl groups is 1. The smallest absolute Gasteiger partial charge is 0.335 e. The molecule has 1 fully saturated rings. The number of phenols is 1. The van der Waals surface area contributed by atoms with Crippen molar-refractivity contribution in [3.05, 3.63) is 57.0 Å². The van der Waals surface area contributed by atoms with E-state index >= 15 is 0 Å². The van der Waals surface area contributed by atoms with Crippen LogP contribution in [0.15, 0.2) is 46.4 Å². The number of anilines is 1. The Morgan fingerprint density at radius 2 is 1.89 bits per heavy atom. The number of hydrogen-bond donors (Lipinski definition) is 2. The number of imide groups is 2. The average molecular weight is 466 g/mol. The molecule has 0 spiro atoms. The quantitative estimate of drug-likeness (QED) is 0.528. The SMILES string of the molecule is CCOc1cc(/C=C2\C(=O)NC(=O)N(c3ccc(Cl)cc3)C2=O)c(Br)cc1O. The molecule has 1 saturated heterocycles. The minimum Gasteiger partial charge on any atom is -0.504 e. The number of phenolic OH excluding ortho intramolecular Hbond substituents is 1. The number of rotatable bonds is 4. The van der Waals surface area contributed by atoms with E-state index < -0.39 is 17.8 Å². The van der Waals surface area contributed by atoms with Gasteiger partial charge in [-0.25, -0.2) is 9.69 Å². The topological polar surface area (TPSA) is 95.9 Å². The van der Waals surface area contributed by atoms with E-state index in [0.717, 1.165) is 4.90 Å². The monoisotopic (exact) mass is 464 g/mol. The van der Waals surface area contributed by atoms with Crippen molar-refractivity contribution in [1.29, 1.82) is 0 Å². The Hall–Kier alpha value is -2.84. The summed E-state index contributed by atoms with van der Waals surface area (Å²) in [5.41, 5.74) is 0.443. The molecule has 1 aliphatic rings. The average Bonchev–Trinajstić information content (AvgIpc) is 2.63. The van der Waals surface area contributed by atoms with Crippen molar-refractivity contribution in [2.24, 2.45) is 0 Å². The highest BCUT2D eigenvalue weighted by Gasteiger charge is 2.36. The molecule has 0 saturated carbocycles. The van der Waals surface area contributed by atoms with Crippen LogP contribution in [0, 0.1) is 0 Å². The summed E-state index contributed by atoms with van der Waals surface area (Å²) < 4.78 is 5.77. The highest BCUT2D eigenvalue weighted by Crippen LogP contribution is 2.34. The summed E-state index contributed by atoms with van der Waals surface area (Å²) in [6, 6.07) is 8.08. The third kappa shape index (κ3) is 3.88. The lowest BCUT2D eigenvalue weighted by Crippen LogP contribution is -2.54. The van der Waals surface area contributed by atoms with Crippen molar-refractivity contribution in [2.45, 2.75) is 6.92 Å². The normalized spacial score (nSPS) is 15.8. The van der Waals surface area contributed by atoms with Gasteiger partial charge in [-0.2, -0.15) is 0 Å². The van der Waals surface area contributed by atoms with Crippen LogP contribution >= 0.6 is 27.5 Å². The van der Waals surface area contributed by atoms with Gasteiger partial charge in [-0.15, -0.1) is 0 Å². The zero-order chi connectivity index (χ0) is 20.4. The fourth-order valence-corrected chi connectivity index (χ4v) is 3.15. The van der Waals surface area contributed by atoms with Gasteiger partial charge in [0.2, 0.25) is 0 Å². The summed E-state index contributed by atoms with van der Waals surface area (Å²) in [7, 11) is 0. The highest BCUT2D eigenvalue weighted by molar-refractivity contribution is 9.10. The van der Waals surface area contributed by atoms with Gasteiger partial charge in [0.25, 0.3) is 11.8 Å². The van der Waals surface area contributed by atoms with E-state index in [9.17, 15) is 19.5 Å². The maximum absolute atomic E-state index is 12.9. The number of amides is 4. The van der Waals surface area contributed by atoms with E-state index in [0.29, 0.717) is 21.7 Å². The third-order valence-corrected chi connectivity index (χ3v) is 4.80. The molecule has 0 atom stereocenters. The summed E-state index contributed by atoms with van der Waals surface area (Å²) in [4.78, 5) is 38.2. The van der Waals surface area contributed by atoms with Gasteiger partial charge in [0, 0.05) is 9.50 Å². The van der Waals surface area contributed by atoms with Crippen LogP contribution in [-0.4, -0.2) is 29.6 Å². The van der Waals surface area contributed by atoms with E-state index in [-0.39, 0.29) is 22.8 Å².